The predicted molar refractivity (Wildman–Crippen MR) is 222 cm³/mol. The molecule has 0 unspecified atom stereocenters. The van der Waals surface area contributed by atoms with Crippen molar-refractivity contribution in [2.75, 3.05) is 6.61 Å². The molecule has 9 heteroatoms. The van der Waals surface area contributed by atoms with E-state index in [4.69, 9.17) is 26.4 Å². The Morgan fingerprint density at radius 2 is 1.00 bits per heavy atom. The summed E-state index contributed by atoms with van der Waals surface area (Å²) in [7, 11) is 0. The highest BCUT2D eigenvalue weighted by molar-refractivity contribution is 7.71. The van der Waals surface area contributed by atoms with Crippen molar-refractivity contribution in [3.63, 3.8) is 0 Å². The molecule has 3 heterocycles. The number of rotatable bonds is 12. The lowest BCUT2D eigenvalue weighted by Gasteiger charge is -2.40. The highest BCUT2D eigenvalue weighted by atomic mass is 32.1. The minimum atomic E-state index is -1.17. The van der Waals surface area contributed by atoms with Crippen molar-refractivity contribution < 1.29 is 19.3 Å². The maximum Gasteiger partial charge on any atom is 0.166 e. The van der Waals surface area contributed by atoms with E-state index in [1.807, 2.05) is 114 Å². The number of H-pyrrole nitrogens is 1. The molecule has 0 amide bonds. The zero-order valence-electron chi connectivity index (χ0n) is 30.9. The summed E-state index contributed by atoms with van der Waals surface area (Å²) in [5, 5.41) is 12.8. The molecule has 282 valence electrons. The Labute approximate surface area is 336 Å². The number of fused-ring (bicyclic) bond motifs is 1. The molecule has 0 radical (unpaired) electrons. The van der Waals surface area contributed by atoms with E-state index in [1.165, 1.54) is 0 Å². The molecule has 2 N–H and O–H groups in total. The van der Waals surface area contributed by atoms with Gasteiger partial charge in [-0.25, -0.2) is 9.97 Å². The first kappa shape index (κ1) is 36.6. The van der Waals surface area contributed by atoms with Gasteiger partial charge < -0.3 is 24.3 Å². The molecule has 1 aliphatic rings. The Balaban J connectivity index is 1.19. The fourth-order valence-corrected chi connectivity index (χ4v) is 8.38. The summed E-state index contributed by atoms with van der Waals surface area (Å²) in [5.74, 6) is 0. The Bertz CT molecular complexity index is 2400. The van der Waals surface area contributed by atoms with Crippen LogP contribution >= 0.6 is 12.2 Å². The van der Waals surface area contributed by atoms with Crippen molar-refractivity contribution >= 4 is 23.4 Å². The normalized spacial score (nSPS) is 18.5. The van der Waals surface area contributed by atoms with Crippen molar-refractivity contribution in [2.24, 2.45) is 0 Å². The Morgan fingerprint density at radius 3 is 1.42 bits per heavy atom. The van der Waals surface area contributed by atoms with Gasteiger partial charge in [0, 0.05) is 0 Å². The molecule has 1 saturated heterocycles. The third kappa shape index (κ3) is 6.59. The van der Waals surface area contributed by atoms with Gasteiger partial charge in [-0.2, -0.15) is 0 Å². The average Bonchev–Trinajstić information content (AvgIpc) is 3.85. The SMILES string of the molecule is O[C@H]1[C@@H](OC(c2ccccc2)(c2ccccc2)c2ccccc2)[C@H](n2cnc3c(=S)nc[nH]c32)O[C@@H]1COC(c1ccccc1)(c1ccccc1)c1ccccc1. The number of benzene rings is 6. The summed E-state index contributed by atoms with van der Waals surface area (Å²) < 4.78 is 24.0. The molecule has 0 aliphatic carbocycles. The van der Waals surface area contributed by atoms with Gasteiger partial charge in [0.1, 0.15) is 40.7 Å². The average molecular weight is 769 g/mol. The van der Waals surface area contributed by atoms with Gasteiger partial charge in [0.05, 0.1) is 19.3 Å². The van der Waals surface area contributed by atoms with E-state index >= 15 is 0 Å². The van der Waals surface area contributed by atoms with Gasteiger partial charge in [-0.15, -0.1) is 0 Å². The molecule has 6 aromatic carbocycles. The summed E-state index contributed by atoms with van der Waals surface area (Å²) in [4.78, 5) is 12.1. The predicted octanol–water partition coefficient (Wildman–Crippen LogP) is 9.13. The van der Waals surface area contributed by atoms with Gasteiger partial charge in [-0.3, -0.25) is 4.57 Å². The van der Waals surface area contributed by atoms with E-state index in [0.29, 0.717) is 15.8 Å². The van der Waals surface area contributed by atoms with Crippen LogP contribution in [-0.4, -0.2) is 49.5 Å². The molecular weight excluding hydrogens is 729 g/mol. The van der Waals surface area contributed by atoms with E-state index in [1.54, 1.807) is 12.7 Å². The van der Waals surface area contributed by atoms with Crippen LogP contribution in [0.4, 0.5) is 0 Å². The summed E-state index contributed by atoms with van der Waals surface area (Å²) in [6.07, 6.45) is -0.646. The smallest absolute Gasteiger partial charge is 0.166 e. The molecule has 0 saturated carbocycles. The van der Waals surface area contributed by atoms with Crippen LogP contribution in [0.25, 0.3) is 11.2 Å². The summed E-state index contributed by atoms with van der Waals surface area (Å²) in [6.45, 7) is 0.00933. The maximum atomic E-state index is 12.8. The topological polar surface area (TPSA) is 94.4 Å². The Hall–Kier alpha value is -6.07. The number of aliphatic hydroxyl groups excluding tert-OH is 1. The van der Waals surface area contributed by atoms with Crippen molar-refractivity contribution in [1.29, 1.82) is 0 Å². The minimum Gasteiger partial charge on any atom is -0.387 e. The van der Waals surface area contributed by atoms with E-state index in [2.05, 4.69) is 87.7 Å². The second kappa shape index (κ2) is 15.8. The first-order valence-electron chi connectivity index (χ1n) is 19.0. The molecule has 0 spiro atoms. The van der Waals surface area contributed by atoms with E-state index < -0.39 is 35.7 Å². The molecule has 8 nitrogen and oxygen atoms in total. The van der Waals surface area contributed by atoms with Crippen LogP contribution in [0.15, 0.2) is 195 Å². The molecule has 57 heavy (non-hydrogen) atoms. The lowest BCUT2D eigenvalue weighted by atomic mass is 9.79. The second-order valence-corrected chi connectivity index (χ2v) is 14.5. The minimum absolute atomic E-state index is 0.00933. The number of hydrogen-bond donors (Lipinski definition) is 2. The van der Waals surface area contributed by atoms with Crippen molar-refractivity contribution in [3.8, 4) is 0 Å². The lowest BCUT2D eigenvalue weighted by Crippen LogP contribution is -2.45. The number of ether oxygens (including phenoxy) is 3. The second-order valence-electron chi connectivity index (χ2n) is 14.1. The van der Waals surface area contributed by atoms with Crippen molar-refractivity contribution in [2.45, 2.75) is 35.7 Å². The fourth-order valence-electron chi connectivity index (χ4n) is 8.18. The van der Waals surface area contributed by atoms with Gasteiger partial charge in [-0.05, 0) is 33.4 Å². The van der Waals surface area contributed by atoms with E-state index in [0.717, 1.165) is 33.4 Å². The van der Waals surface area contributed by atoms with Gasteiger partial charge in [-0.1, -0.05) is 194 Å². The van der Waals surface area contributed by atoms with Gasteiger partial charge in [0.25, 0.3) is 0 Å². The van der Waals surface area contributed by atoms with E-state index in [-0.39, 0.29) is 6.61 Å². The largest absolute Gasteiger partial charge is 0.387 e. The Morgan fingerprint density at radius 1 is 0.596 bits per heavy atom. The zero-order chi connectivity index (χ0) is 38.7. The van der Waals surface area contributed by atoms with Crippen LogP contribution < -0.4 is 0 Å². The highest BCUT2D eigenvalue weighted by Gasteiger charge is 2.52. The van der Waals surface area contributed by atoms with Crippen LogP contribution in [0.5, 0.6) is 0 Å². The molecule has 1 aliphatic heterocycles. The lowest BCUT2D eigenvalue weighted by molar-refractivity contribution is -0.122. The maximum absolute atomic E-state index is 12.8. The van der Waals surface area contributed by atoms with Crippen LogP contribution in [0.3, 0.4) is 0 Å². The summed E-state index contributed by atoms with van der Waals surface area (Å²) in [6, 6.07) is 60.8. The van der Waals surface area contributed by atoms with Crippen LogP contribution in [-0.2, 0) is 25.4 Å². The number of aromatic nitrogens is 4. The zero-order valence-corrected chi connectivity index (χ0v) is 31.7. The number of nitrogens with one attached hydrogen (secondary N) is 1. The summed E-state index contributed by atoms with van der Waals surface area (Å²) in [5.41, 5.74) is 4.40. The van der Waals surface area contributed by atoms with Gasteiger partial charge in [0.2, 0.25) is 0 Å². The third-order valence-electron chi connectivity index (χ3n) is 10.8. The first-order chi connectivity index (χ1) is 28.1. The van der Waals surface area contributed by atoms with Gasteiger partial charge >= 0.3 is 0 Å². The molecule has 1 fully saturated rings. The number of aliphatic hydroxyl groups is 1. The van der Waals surface area contributed by atoms with E-state index in [9.17, 15) is 5.11 Å². The number of aromatic amines is 1. The molecule has 2 aromatic heterocycles. The monoisotopic (exact) mass is 768 g/mol. The van der Waals surface area contributed by atoms with Gasteiger partial charge in [0.15, 0.2) is 10.9 Å². The van der Waals surface area contributed by atoms with Crippen molar-refractivity contribution in [3.05, 3.63) is 233 Å². The third-order valence-corrected chi connectivity index (χ3v) is 11.1. The quantitative estimate of drug-likeness (QED) is 0.0946. The first-order valence-corrected chi connectivity index (χ1v) is 19.4. The number of hydrogen-bond acceptors (Lipinski definition) is 7. The highest BCUT2D eigenvalue weighted by Crippen LogP contribution is 2.47. The Kier molecular flexibility index (Phi) is 10.1. The molecule has 4 atom stereocenters. The molecule has 8 aromatic rings. The molecule has 0 bridgehead atoms. The van der Waals surface area contributed by atoms with Crippen LogP contribution in [0.2, 0.25) is 0 Å². The van der Waals surface area contributed by atoms with Crippen LogP contribution in [0.1, 0.15) is 39.6 Å². The fraction of sp³-hybridized carbons (Fsp3) is 0.146. The summed E-state index contributed by atoms with van der Waals surface area (Å²) >= 11 is 5.57. The molecular formula is C48H40N4O4S. The standard InChI is InChI=1S/C48H40N4O4S/c53-42-40(31-54-47(34-19-7-1-8-20-34,35-21-9-2-10-22-35)36-23-11-3-12-24-36)55-46(52-33-51-41-44(52)49-32-50-45(41)57)43(42)56-48(37-25-13-4-14-26-37,38-27-15-5-16-28-38)39-29-17-6-18-30-39/h1-30,32-33,40,42-43,46,53H,31H2,(H,49,50,57)/t40-,42-,43-,46-/m1/s1. The number of nitrogens with zero attached hydrogens (tertiary/aromatic N) is 3. The van der Waals surface area contributed by atoms with Crippen molar-refractivity contribution in [1.82, 2.24) is 19.5 Å². The van der Waals surface area contributed by atoms with Crippen LogP contribution in [0, 0.1) is 4.64 Å². The number of imidazole rings is 1. The molecule has 9 rings (SSSR count).